The van der Waals surface area contributed by atoms with Crippen LogP contribution in [0.2, 0.25) is 0 Å². The first-order chi connectivity index (χ1) is 13.3. The molecule has 9 heteroatoms. The summed E-state index contributed by atoms with van der Waals surface area (Å²) in [5, 5.41) is 3.23. The fourth-order valence-electron chi connectivity index (χ4n) is 3.16. The molecule has 1 fully saturated rings. The Labute approximate surface area is 164 Å². The molecule has 0 saturated carbocycles. The van der Waals surface area contributed by atoms with Crippen molar-refractivity contribution in [2.45, 2.75) is 31.1 Å². The van der Waals surface area contributed by atoms with Crippen molar-refractivity contribution in [2.24, 2.45) is 0 Å². The molecule has 28 heavy (non-hydrogen) atoms. The first kappa shape index (κ1) is 20.5. The van der Waals surface area contributed by atoms with Crippen LogP contribution in [0.15, 0.2) is 41.3 Å². The highest BCUT2D eigenvalue weighted by atomic mass is 32.2. The van der Waals surface area contributed by atoms with Gasteiger partial charge in [-0.25, -0.2) is 22.2 Å². The zero-order chi connectivity index (χ0) is 20.3. The number of nitrogens with one attached hydrogen (secondary N) is 2. The van der Waals surface area contributed by atoms with Crippen molar-refractivity contribution < 1.29 is 17.2 Å². The van der Waals surface area contributed by atoms with Gasteiger partial charge in [-0.1, -0.05) is 25.1 Å². The Morgan fingerprint density at radius 1 is 1.18 bits per heavy atom. The SMILES string of the molecule is Cc1nc(N2CCNCC2)cc([C@@H](C)C(F)F)c1NS(=O)(=O)c1ccccc1. The molecule has 2 aromatic rings. The minimum atomic E-state index is -3.91. The molecule has 1 aliphatic heterocycles. The van der Waals surface area contributed by atoms with Gasteiger partial charge in [0, 0.05) is 32.1 Å². The third-order valence-corrected chi connectivity index (χ3v) is 6.18. The molecule has 2 N–H and O–H groups in total. The van der Waals surface area contributed by atoms with Gasteiger partial charge in [0.1, 0.15) is 5.82 Å². The number of pyridine rings is 1. The largest absolute Gasteiger partial charge is 0.354 e. The van der Waals surface area contributed by atoms with Crippen molar-refractivity contribution in [1.29, 1.82) is 0 Å². The van der Waals surface area contributed by atoms with Gasteiger partial charge in [-0.15, -0.1) is 0 Å². The molecule has 3 rings (SSSR count). The van der Waals surface area contributed by atoms with Crippen LogP contribution in [0.3, 0.4) is 0 Å². The van der Waals surface area contributed by atoms with Crippen molar-refractivity contribution in [2.75, 3.05) is 35.8 Å². The van der Waals surface area contributed by atoms with E-state index in [4.69, 9.17) is 0 Å². The molecule has 1 atom stereocenters. The maximum Gasteiger partial charge on any atom is 0.261 e. The van der Waals surface area contributed by atoms with Gasteiger partial charge >= 0.3 is 0 Å². The van der Waals surface area contributed by atoms with Crippen molar-refractivity contribution in [3.63, 3.8) is 0 Å². The van der Waals surface area contributed by atoms with Gasteiger partial charge in [0.05, 0.1) is 16.3 Å². The van der Waals surface area contributed by atoms with E-state index in [1.54, 1.807) is 31.2 Å². The maximum atomic E-state index is 13.5. The van der Waals surface area contributed by atoms with E-state index in [9.17, 15) is 17.2 Å². The predicted octanol–water partition coefficient (Wildman–Crippen LogP) is 2.97. The third kappa shape index (κ3) is 4.41. The molecule has 152 valence electrons. The summed E-state index contributed by atoms with van der Waals surface area (Å²) >= 11 is 0. The summed E-state index contributed by atoms with van der Waals surface area (Å²) in [6, 6.07) is 9.41. The molecule has 0 unspecified atom stereocenters. The second-order valence-corrected chi connectivity index (χ2v) is 8.49. The summed E-state index contributed by atoms with van der Waals surface area (Å²) < 4.78 is 55.0. The quantitative estimate of drug-likeness (QED) is 0.766. The number of anilines is 2. The Kier molecular flexibility index (Phi) is 6.14. The lowest BCUT2D eigenvalue weighted by Gasteiger charge is -2.30. The molecule has 0 aliphatic carbocycles. The molecule has 1 aromatic carbocycles. The van der Waals surface area contributed by atoms with Gasteiger partial charge in [0.2, 0.25) is 6.43 Å². The normalized spacial score (nSPS) is 16.2. The van der Waals surface area contributed by atoms with E-state index in [1.165, 1.54) is 19.1 Å². The van der Waals surface area contributed by atoms with Crippen LogP contribution in [0, 0.1) is 6.92 Å². The highest BCUT2D eigenvalue weighted by molar-refractivity contribution is 7.92. The highest BCUT2D eigenvalue weighted by Crippen LogP contribution is 2.35. The maximum absolute atomic E-state index is 13.5. The van der Waals surface area contributed by atoms with Gasteiger partial charge < -0.3 is 10.2 Å². The lowest BCUT2D eigenvalue weighted by atomic mass is 9.99. The van der Waals surface area contributed by atoms with Crippen molar-refractivity contribution in [3.05, 3.63) is 47.7 Å². The van der Waals surface area contributed by atoms with Crippen molar-refractivity contribution in [1.82, 2.24) is 10.3 Å². The monoisotopic (exact) mass is 410 g/mol. The predicted molar refractivity (Wildman–Crippen MR) is 106 cm³/mol. The Hall–Kier alpha value is -2.26. The van der Waals surface area contributed by atoms with Crippen LogP contribution in [0.4, 0.5) is 20.3 Å². The average Bonchev–Trinajstić information content (AvgIpc) is 2.70. The number of aryl methyl sites for hydroxylation is 1. The number of hydrogen-bond donors (Lipinski definition) is 2. The lowest BCUT2D eigenvalue weighted by Crippen LogP contribution is -2.44. The van der Waals surface area contributed by atoms with Crippen molar-refractivity contribution in [3.8, 4) is 0 Å². The Bertz CT molecular complexity index is 917. The van der Waals surface area contributed by atoms with Crippen LogP contribution < -0.4 is 14.9 Å². The molecule has 1 saturated heterocycles. The summed E-state index contributed by atoms with van der Waals surface area (Å²) in [6.07, 6.45) is -2.63. The molecule has 6 nitrogen and oxygen atoms in total. The minimum absolute atomic E-state index is 0.0660. The van der Waals surface area contributed by atoms with Gasteiger partial charge in [-0.2, -0.15) is 0 Å². The lowest BCUT2D eigenvalue weighted by molar-refractivity contribution is 0.121. The van der Waals surface area contributed by atoms with Crippen molar-refractivity contribution >= 4 is 21.5 Å². The number of piperazine rings is 1. The smallest absolute Gasteiger partial charge is 0.261 e. The van der Waals surface area contributed by atoms with E-state index < -0.39 is 22.4 Å². The number of alkyl halides is 2. The number of nitrogens with zero attached hydrogens (tertiary/aromatic N) is 2. The molecule has 1 aromatic heterocycles. The molecule has 0 radical (unpaired) electrons. The van der Waals surface area contributed by atoms with E-state index in [1.807, 2.05) is 4.90 Å². The zero-order valence-electron chi connectivity index (χ0n) is 15.8. The summed E-state index contributed by atoms with van der Waals surface area (Å²) in [7, 11) is -3.91. The summed E-state index contributed by atoms with van der Waals surface area (Å²) in [4.78, 5) is 6.58. The first-order valence-corrected chi connectivity index (χ1v) is 10.6. The van der Waals surface area contributed by atoms with Gasteiger partial charge in [0.25, 0.3) is 10.0 Å². The van der Waals surface area contributed by atoms with Crippen LogP contribution in [0.25, 0.3) is 0 Å². The number of hydrogen-bond acceptors (Lipinski definition) is 5. The van der Waals surface area contributed by atoms with E-state index in [0.717, 1.165) is 13.1 Å². The van der Waals surface area contributed by atoms with Crippen LogP contribution >= 0.6 is 0 Å². The number of aromatic nitrogens is 1. The Morgan fingerprint density at radius 3 is 2.43 bits per heavy atom. The number of benzene rings is 1. The van der Waals surface area contributed by atoms with Crippen LogP contribution in [-0.4, -0.2) is 46.0 Å². The standard InChI is InChI=1S/C19H24F2N4O2S/c1-13(19(20)21)16-12-17(25-10-8-22-9-11-25)23-14(2)18(16)24-28(26,27)15-6-4-3-5-7-15/h3-7,12-13,19,22,24H,8-11H2,1-2H3/t13-/m1/s1. The molecular formula is C19H24F2N4O2S. The molecule has 0 spiro atoms. The topological polar surface area (TPSA) is 74.3 Å². The number of halogens is 2. The summed E-state index contributed by atoms with van der Waals surface area (Å²) in [6.45, 7) is 6.01. The molecule has 1 aliphatic rings. The van der Waals surface area contributed by atoms with E-state index in [2.05, 4.69) is 15.0 Å². The molecule has 0 bridgehead atoms. The highest BCUT2D eigenvalue weighted by Gasteiger charge is 2.27. The molecule has 2 heterocycles. The number of sulfonamides is 1. The fraction of sp³-hybridized carbons (Fsp3) is 0.421. The second kappa shape index (κ2) is 8.40. The average molecular weight is 410 g/mol. The Morgan fingerprint density at radius 2 is 1.82 bits per heavy atom. The second-order valence-electron chi connectivity index (χ2n) is 6.81. The van der Waals surface area contributed by atoms with Crippen LogP contribution in [-0.2, 0) is 10.0 Å². The van der Waals surface area contributed by atoms with Gasteiger partial charge in [0.15, 0.2) is 0 Å². The minimum Gasteiger partial charge on any atom is -0.354 e. The third-order valence-electron chi connectivity index (χ3n) is 4.82. The summed E-state index contributed by atoms with van der Waals surface area (Å²) in [5.74, 6) is -0.555. The molecule has 0 amide bonds. The molecular weight excluding hydrogens is 386 g/mol. The first-order valence-electron chi connectivity index (χ1n) is 9.13. The van der Waals surface area contributed by atoms with Gasteiger partial charge in [-0.05, 0) is 30.7 Å². The van der Waals surface area contributed by atoms with E-state index in [-0.39, 0.29) is 16.1 Å². The Balaban J connectivity index is 2.04. The van der Waals surface area contributed by atoms with E-state index in [0.29, 0.717) is 24.6 Å². The summed E-state index contributed by atoms with van der Waals surface area (Å²) in [5.41, 5.74) is 0.740. The van der Waals surface area contributed by atoms with Gasteiger partial charge in [-0.3, -0.25) is 4.72 Å². The zero-order valence-corrected chi connectivity index (χ0v) is 16.6. The fourth-order valence-corrected chi connectivity index (χ4v) is 4.32. The van der Waals surface area contributed by atoms with Crippen LogP contribution in [0.1, 0.15) is 24.1 Å². The van der Waals surface area contributed by atoms with Crippen LogP contribution in [0.5, 0.6) is 0 Å². The number of rotatable bonds is 6. The van der Waals surface area contributed by atoms with E-state index >= 15 is 0 Å².